The molecule has 0 aliphatic carbocycles. The van der Waals surface area contributed by atoms with Crippen LogP contribution in [0.3, 0.4) is 0 Å². The number of likely N-dealkylation sites (tertiary alicyclic amines) is 1. The van der Waals surface area contributed by atoms with Crippen LogP contribution in [0, 0.1) is 5.92 Å². The Bertz CT molecular complexity index is 448. The molecule has 6 heteroatoms. The Morgan fingerprint density at radius 2 is 2.10 bits per heavy atom. The molecule has 0 bridgehead atoms. The van der Waals surface area contributed by atoms with Crippen LogP contribution in [0.25, 0.3) is 0 Å². The largest absolute Gasteiger partial charge is 0.573 e. The molecule has 1 aromatic carbocycles. The lowest BCUT2D eigenvalue weighted by Gasteiger charge is -2.20. The molecule has 2 unspecified atom stereocenters. The highest BCUT2D eigenvalue weighted by atomic mass is 19.4. The van der Waals surface area contributed by atoms with Crippen LogP contribution in [0.2, 0.25) is 0 Å². The third kappa shape index (κ3) is 4.11. The molecule has 1 aliphatic heterocycles. The van der Waals surface area contributed by atoms with Crippen molar-refractivity contribution in [3.8, 4) is 5.75 Å². The SMILES string of the molecule is CC(N)C1CCN(Cc2ccccc2OC(F)(F)F)C1. The number of rotatable bonds is 4. The quantitative estimate of drug-likeness (QED) is 0.926. The van der Waals surface area contributed by atoms with Crippen molar-refractivity contribution in [2.45, 2.75) is 32.3 Å². The number of hydrogen-bond donors (Lipinski definition) is 1. The maximum atomic E-state index is 12.4. The normalized spacial score (nSPS) is 21.9. The van der Waals surface area contributed by atoms with Gasteiger partial charge in [-0.3, -0.25) is 4.90 Å². The van der Waals surface area contributed by atoms with Crippen molar-refractivity contribution in [3.05, 3.63) is 29.8 Å². The first kappa shape index (κ1) is 15.1. The zero-order valence-corrected chi connectivity index (χ0v) is 11.4. The molecule has 2 atom stereocenters. The second-order valence-electron chi connectivity index (χ2n) is 5.30. The lowest BCUT2D eigenvalue weighted by Crippen LogP contribution is -2.29. The monoisotopic (exact) mass is 288 g/mol. The van der Waals surface area contributed by atoms with Gasteiger partial charge in [-0.2, -0.15) is 0 Å². The highest BCUT2D eigenvalue weighted by molar-refractivity contribution is 5.33. The highest BCUT2D eigenvalue weighted by Crippen LogP contribution is 2.29. The molecule has 3 nitrogen and oxygen atoms in total. The fourth-order valence-electron chi connectivity index (χ4n) is 2.53. The number of hydrogen-bond acceptors (Lipinski definition) is 3. The minimum atomic E-state index is -4.66. The van der Waals surface area contributed by atoms with Crippen molar-refractivity contribution < 1.29 is 17.9 Å². The van der Waals surface area contributed by atoms with E-state index in [9.17, 15) is 13.2 Å². The summed E-state index contributed by atoms with van der Waals surface area (Å²) < 4.78 is 41.1. The molecule has 0 saturated carbocycles. The maximum absolute atomic E-state index is 12.4. The van der Waals surface area contributed by atoms with Gasteiger partial charge >= 0.3 is 6.36 Å². The van der Waals surface area contributed by atoms with Crippen LogP contribution in [0.4, 0.5) is 13.2 Å². The molecule has 1 heterocycles. The van der Waals surface area contributed by atoms with Crippen molar-refractivity contribution in [1.82, 2.24) is 4.90 Å². The maximum Gasteiger partial charge on any atom is 0.573 e. The second kappa shape index (κ2) is 6.01. The molecule has 2 N–H and O–H groups in total. The minimum Gasteiger partial charge on any atom is -0.405 e. The van der Waals surface area contributed by atoms with Gasteiger partial charge in [0.25, 0.3) is 0 Å². The van der Waals surface area contributed by atoms with E-state index in [1.165, 1.54) is 6.07 Å². The Morgan fingerprint density at radius 1 is 1.40 bits per heavy atom. The van der Waals surface area contributed by atoms with Gasteiger partial charge in [0.05, 0.1) is 0 Å². The van der Waals surface area contributed by atoms with Crippen LogP contribution in [-0.4, -0.2) is 30.4 Å². The van der Waals surface area contributed by atoms with E-state index in [-0.39, 0.29) is 11.8 Å². The lowest BCUT2D eigenvalue weighted by molar-refractivity contribution is -0.275. The third-order valence-corrected chi connectivity index (χ3v) is 3.64. The predicted molar refractivity (Wildman–Crippen MR) is 70.2 cm³/mol. The molecule has 0 radical (unpaired) electrons. The second-order valence-corrected chi connectivity index (χ2v) is 5.30. The van der Waals surface area contributed by atoms with Crippen LogP contribution >= 0.6 is 0 Å². The summed E-state index contributed by atoms with van der Waals surface area (Å²) in [5.41, 5.74) is 6.42. The van der Waals surface area contributed by atoms with E-state index >= 15 is 0 Å². The Hall–Kier alpha value is -1.27. The van der Waals surface area contributed by atoms with Crippen molar-refractivity contribution in [2.24, 2.45) is 11.7 Å². The van der Waals surface area contributed by atoms with E-state index in [1.54, 1.807) is 18.2 Å². The first-order valence-corrected chi connectivity index (χ1v) is 6.67. The lowest BCUT2D eigenvalue weighted by atomic mass is 10.0. The highest BCUT2D eigenvalue weighted by Gasteiger charge is 2.32. The zero-order valence-electron chi connectivity index (χ0n) is 11.4. The van der Waals surface area contributed by atoms with E-state index in [0.29, 0.717) is 18.0 Å². The molecule has 20 heavy (non-hydrogen) atoms. The molecule has 2 rings (SSSR count). The Kier molecular flexibility index (Phi) is 4.55. The van der Waals surface area contributed by atoms with E-state index in [0.717, 1.165) is 19.5 Å². The molecule has 1 saturated heterocycles. The molecule has 112 valence electrons. The van der Waals surface area contributed by atoms with Gasteiger partial charge in [-0.05, 0) is 31.9 Å². The standard InChI is InChI=1S/C14H19F3N2O/c1-10(18)11-6-7-19(8-11)9-12-4-2-3-5-13(12)20-14(15,16)17/h2-5,10-11H,6-9,18H2,1H3. The fourth-order valence-corrected chi connectivity index (χ4v) is 2.53. The van der Waals surface area contributed by atoms with E-state index in [4.69, 9.17) is 5.73 Å². The smallest absolute Gasteiger partial charge is 0.405 e. The summed E-state index contributed by atoms with van der Waals surface area (Å²) in [4.78, 5) is 2.12. The topological polar surface area (TPSA) is 38.5 Å². The average Bonchev–Trinajstić information content (AvgIpc) is 2.78. The van der Waals surface area contributed by atoms with Crippen molar-refractivity contribution in [3.63, 3.8) is 0 Å². The summed E-state index contributed by atoms with van der Waals surface area (Å²) >= 11 is 0. The Labute approximate surface area is 116 Å². The van der Waals surface area contributed by atoms with Gasteiger partial charge in [0.2, 0.25) is 0 Å². The summed E-state index contributed by atoms with van der Waals surface area (Å²) in [7, 11) is 0. The molecular weight excluding hydrogens is 269 g/mol. The Balaban J connectivity index is 2.03. The first-order chi connectivity index (χ1) is 9.35. The van der Waals surface area contributed by atoms with Crippen LogP contribution in [0.15, 0.2) is 24.3 Å². The van der Waals surface area contributed by atoms with Gasteiger partial charge in [0.1, 0.15) is 5.75 Å². The number of nitrogens with zero attached hydrogens (tertiary/aromatic N) is 1. The van der Waals surface area contributed by atoms with Crippen LogP contribution < -0.4 is 10.5 Å². The molecule has 0 aromatic heterocycles. The molecule has 1 fully saturated rings. The molecular formula is C14H19F3N2O. The summed E-state index contributed by atoms with van der Waals surface area (Å²) in [6.07, 6.45) is -3.67. The first-order valence-electron chi connectivity index (χ1n) is 6.67. The summed E-state index contributed by atoms with van der Waals surface area (Å²) in [5, 5.41) is 0. The molecule has 1 aliphatic rings. The Morgan fingerprint density at radius 3 is 2.70 bits per heavy atom. The van der Waals surface area contributed by atoms with Gasteiger partial charge in [0, 0.05) is 24.7 Å². The van der Waals surface area contributed by atoms with E-state index in [2.05, 4.69) is 9.64 Å². The third-order valence-electron chi connectivity index (χ3n) is 3.64. The number of benzene rings is 1. The zero-order chi connectivity index (χ0) is 14.8. The number of nitrogens with two attached hydrogens (primary N) is 1. The van der Waals surface area contributed by atoms with E-state index < -0.39 is 6.36 Å². The van der Waals surface area contributed by atoms with E-state index in [1.807, 2.05) is 6.92 Å². The average molecular weight is 288 g/mol. The van der Waals surface area contributed by atoms with Crippen molar-refractivity contribution in [1.29, 1.82) is 0 Å². The summed E-state index contributed by atoms with van der Waals surface area (Å²) in [6.45, 7) is 4.09. The minimum absolute atomic E-state index is 0.113. The van der Waals surface area contributed by atoms with Crippen LogP contribution in [-0.2, 0) is 6.54 Å². The molecule has 1 aromatic rings. The fraction of sp³-hybridized carbons (Fsp3) is 0.571. The number of alkyl halides is 3. The molecule has 0 amide bonds. The predicted octanol–water partition coefficient (Wildman–Crippen LogP) is 2.75. The van der Waals surface area contributed by atoms with Gasteiger partial charge in [0.15, 0.2) is 0 Å². The van der Waals surface area contributed by atoms with Crippen molar-refractivity contribution in [2.75, 3.05) is 13.1 Å². The molecule has 0 spiro atoms. The van der Waals surface area contributed by atoms with Gasteiger partial charge < -0.3 is 10.5 Å². The summed E-state index contributed by atoms with van der Waals surface area (Å²) in [6, 6.07) is 6.39. The van der Waals surface area contributed by atoms with Gasteiger partial charge in [-0.1, -0.05) is 18.2 Å². The van der Waals surface area contributed by atoms with Crippen LogP contribution in [0.1, 0.15) is 18.9 Å². The number of para-hydroxylation sites is 1. The number of halogens is 3. The summed E-state index contributed by atoms with van der Waals surface area (Å²) in [5.74, 6) is 0.287. The van der Waals surface area contributed by atoms with Gasteiger partial charge in [-0.15, -0.1) is 13.2 Å². The van der Waals surface area contributed by atoms with Crippen LogP contribution in [0.5, 0.6) is 5.75 Å². The van der Waals surface area contributed by atoms with Gasteiger partial charge in [-0.25, -0.2) is 0 Å². The number of ether oxygens (including phenoxy) is 1. The van der Waals surface area contributed by atoms with Crippen molar-refractivity contribution >= 4 is 0 Å².